The Hall–Kier alpha value is -1.68. The van der Waals surface area contributed by atoms with E-state index in [1.165, 1.54) is 0 Å². The fraction of sp³-hybridized carbons (Fsp3) is 0.467. The monoisotopic (exact) mass is 261 g/mol. The van der Waals surface area contributed by atoms with E-state index in [1.54, 1.807) is 36.3 Å². The molecule has 0 spiro atoms. The maximum atomic E-state index is 12.3. The van der Waals surface area contributed by atoms with Gasteiger partial charge in [0.2, 0.25) is 5.78 Å². The summed E-state index contributed by atoms with van der Waals surface area (Å²) in [6.07, 6.45) is 2.94. The fourth-order valence-corrected chi connectivity index (χ4v) is 2.48. The molecule has 1 aromatic carbocycles. The predicted molar refractivity (Wildman–Crippen MR) is 72.0 cm³/mol. The molecule has 1 atom stereocenters. The SMILES string of the molecule is COCC1CCCCN1C(=O)C(=O)c1ccccc1. The summed E-state index contributed by atoms with van der Waals surface area (Å²) in [5.74, 6) is -0.837. The van der Waals surface area contributed by atoms with E-state index in [9.17, 15) is 9.59 Å². The third-order valence-electron chi connectivity index (χ3n) is 3.48. The molecule has 1 saturated heterocycles. The average molecular weight is 261 g/mol. The topological polar surface area (TPSA) is 46.6 Å². The third kappa shape index (κ3) is 3.20. The molecule has 0 aliphatic carbocycles. The molecule has 4 heteroatoms. The van der Waals surface area contributed by atoms with E-state index in [1.807, 2.05) is 6.07 Å². The van der Waals surface area contributed by atoms with Crippen molar-refractivity contribution in [2.45, 2.75) is 25.3 Å². The summed E-state index contributed by atoms with van der Waals surface area (Å²) in [7, 11) is 1.62. The Morgan fingerprint density at radius 3 is 2.68 bits per heavy atom. The number of amides is 1. The van der Waals surface area contributed by atoms with Crippen molar-refractivity contribution < 1.29 is 14.3 Å². The van der Waals surface area contributed by atoms with Crippen LogP contribution >= 0.6 is 0 Å². The molecule has 19 heavy (non-hydrogen) atoms. The zero-order valence-electron chi connectivity index (χ0n) is 11.2. The lowest BCUT2D eigenvalue weighted by Crippen LogP contribution is -2.48. The minimum Gasteiger partial charge on any atom is -0.383 e. The molecule has 0 saturated carbocycles. The Morgan fingerprint density at radius 1 is 1.26 bits per heavy atom. The van der Waals surface area contributed by atoms with Crippen LogP contribution in [0, 0.1) is 0 Å². The molecule has 0 aromatic heterocycles. The quantitative estimate of drug-likeness (QED) is 0.614. The van der Waals surface area contributed by atoms with Gasteiger partial charge in [0, 0.05) is 19.2 Å². The summed E-state index contributed by atoms with van der Waals surface area (Å²) in [6, 6.07) is 8.74. The van der Waals surface area contributed by atoms with Gasteiger partial charge in [0.25, 0.3) is 5.91 Å². The van der Waals surface area contributed by atoms with Crippen molar-refractivity contribution in [3.63, 3.8) is 0 Å². The lowest BCUT2D eigenvalue weighted by molar-refractivity contribution is -0.131. The summed E-state index contributed by atoms with van der Waals surface area (Å²) in [5, 5.41) is 0. The Balaban J connectivity index is 2.11. The summed E-state index contributed by atoms with van der Waals surface area (Å²) in [5.41, 5.74) is 0.453. The molecule has 4 nitrogen and oxygen atoms in total. The van der Waals surface area contributed by atoms with Gasteiger partial charge < -0.3 is 9.64 Å². The van der Waals surface area contributed by atoms with E-state index in [0.29, 0.717) is 18.7 Å². The van der Waals surface area contributed by atoms with Crippen LogP contribution in [0.3, 0.4) is 0 Å². The van der Waals surface area contributed by atoms with Crippen LogP contribution in [0.5, 0.6) is 0 Å². The summed E-state index contributed by atoms with van der Waals surface area (Å²) < 4.78 is 5.14. The molecule has 0 bridgehead atoms. The van der Waals surface area contributed by atoms with Crippen LogP contribution in [0.15, 0.2) is 30.3 Å². The van der Waals surface area contributed by atoms with Crippen LogP contribution in [0.1, 0.15) is 29.6 Å². The number of hydrogen-bond donors (Lipinski definition) is 0. The number of carbonyl (C=O) groups excluding carboxylic acids is 2. The maximum absolute atomic E-state index is 12.3. The summed E-state index contributed by atoms with van der Waals surface area (Å²) >= 11 is 0. The van der Waals surface area contributed by atoms with Gasteiger partial charge in [0.15, 0.2) is 0 Å². The highest BCUT2D eigenvalue weighted by molar-refractivity contribution is 6.42. The number of nitrogens with zero attached hydrogens (tertiary/aromatic N) is 1. The minimum absolute atomic E-state index is 0.0268. The Labute approximate surface area is 113 Å². The molecule has 102 valence electrons. The van der Waals surface area contributed by atoms with Gasteiger partial charge in [-0.1, -0.05) is 30.3 Å². The van der Waals surface area contributed by atoms with Crippen molar-refractivity contribution in [1.29, 1.82) is 0 Å². The molecule has 1 unspecified atom stereocenters. The molecule has 1 aromatic rings. The number of rotatable bonds is 4. The number of likely N-dealkylation sites (tertiary alicyclic amines) is 1. The first kappa shape index (κ1) is 13.7. The van der Waals surface area contributed by atoms with Crippen molar-refractivity contribution in [3.8, 4) is 0 Å². The Kier molecular flexibility index (Phi) is 4.68. The number of ketones is 1. The smallest absolute Gasteiger partial charge is 0.295 e. The van der Waals surface area contributed by atoms with Gasteiger partial charge >= 0.3 is 0 Å². The normalized spacial score (nSPS) is 19.2. The first-order chi connectivity index (χ1) is 9.24. The zero-order chi connectivity index (χ0) is 13.7. The second-order valence-electron chi connectivity index (χ2n) is 4.80. The van der Waals surface area contributed by atoms with E-state index < -0.39 is 11.7 Å². The van der Waals surface area contributed by atoms with Gasteiger partial charge in [-0.3, -0.25) is 9.59 Å². The molecule has 0 radical (unpaired) electrons. The van der Waals surface area contributed by atoms with Crippen molar-refractivity contribution in [2.75, 3.05) is 20.3 Å². The Bertz CT molecular complexity index is 442. The van der Waals surface area contributed by atoms with E-state index >= 15 is 0 Å². The van der Waals surface area contributed by atoms with Crippen LogP contribution in [0.25, 0.3) is 0 Å². The zero-order valence-corrected chi connectivity index (χ0v) is 11.2. The van der Waals surface area contributed by atoms with Gasteiger partial charge in [-0.2, -0.15) is 0 Å². The van der Waals surface area contributed by atoms with Gasteiger partial charge in [0.1, 0.15) is 0 Å². The van der Waals surface area contributed by atoms with Crippen LogP contribution in [0.4, 0.5) is 0 Å². The molecule has 1 heterocycles. The molecular weight excluding hydrogens is 242 g/mol. The second-order valence-corrected chi connectivity index (χ2v) is 4.80. The highest BCUT2D eigenvalue weighted by Gasteiger charge is 2.30. The van der Waals surface area contributed by atoms with Crippen LogP contribution < -0.4 is 0 Å². The molecule has 1 aliphatic rings. The molecule has 1 aliphatic heterocycles. The van der Waals surface area contributed by atoms with Crippen molar-refractivity contribution in [2.24, 2.45) is 0 Å². The largest absolute Gasteiger partial charge is 0.383 e. The first-order valence-corrected chi connectivity index (χ1v) is 6.63. The standard InChI is InChI=1S/C15H19NO3/c1-19-11-13-9-5-6-10-16(13)15(18)14(17)12-7-3-2-4-8-12/h2-4,7-8,13H,5-6,9-11H2,1H3. The third-order valence-corrected chi connectivity index (χ3v) is 3.48. The van der Waals surface area contributed by atoms with Gasteiger partial charge in [-0.15, -0.1) is 0 Å². The minimum atomic E-state index is -0.427. The second kappa shape index (κ2) is 6.48. The summed E-state index contributed by atoms with van der Waals surface area (Å²) in [4.78, 5) is 26.1. The van der Waals surface area contributed by atoms with Crippen LogP contribution in [-0.4, -0.2) is 42.9 Å². The predicted octanol–water partition coefficient (Wildman–Crippen LogP) is 1.90. The lowest BCUT2D eigenvalue weighted by atomic mass is 10.0. The molecule has 2 rings (SSSR count). The lowest BCUT2D eigenvalue weighted by Gasteiger charge is -2.34. The first-order valence-electron chi connectivity index (χ1n) is 6.63. The highest BCUT2D eigenvalue weighted by Crippen LogP contribution is 2.18. The van der Waals surface area contributed by atoms with Crippen molar-refractivity contribution in [3.05, 3.63) is 35.9 Å². The fourth-order valence-electron chi connectivity index (χ4n) is 2.48. The molecular formula is C15H19NO3. The number of ether oxygens (including phenoxy) is 1. The maximum Gasteiger partial charge on any atom is 0.295 e. The van der Waals surface area contributed by atoms with Crippen LogP contribution in [-0.2, 0) is 9.53 Å². The number of carbonyl (C=O) groups is 2. The van der Waals surface area contributed by atoms with Crippen molar-refractivity contribution in [1.82, 2.24) is 4.90 Å². The molecule has 0 N–H and O–H groups in total. The number of hydrogen-bond acceptors (Lipinski definition) is 3. The van der Waals surface area contributed by atoms with Crippen LogP contribution in [0.2, 0.25) is 0 Å². The van der Waals surface area contributed by atoms with E-state index in [-0.39, 0.29) is 6.04 Å². The number of methoxy groups -OCH3 is 1. The van der Waals surface area contributed by atoms with Gasteiger partial charge in [-0.05, 0) is 19.3 Å². The molecule has 1 fully saturated rings. The van der Waals surface area contributed by atoms with E-state index in [0.717, 1.165) is 19.3 Å². The number of benzene rings is 1. The van der Waals surface area contributed by atoms with E-state index in [4.69, 9.17) is 4.74 Å². The highest BCUT2D eigenvalue weighted by atomic mass is 16.5. The van der Waals surface area contributed by atoms with Gasteiger partial charge in [-0.25, -0.2) is 0 Å². The summed E-state index contributed by atoms with van der Waals surface area (Å²) in [6.45, 7) is 1.14. The van der Waals surface area contributed by atoms with Crippen molar-refractivity contribution >= 4 is 11.7 Å². The van der Waals surface area contributed by atoms with Gasteiger partial charge in [0.05, 0.1) is 12.6 Å². The average Bonchev–Trinajstić information content (AvgIpc) is 2.47. The van der Waals surface area contributed by atoms with E-state index in [2.05, 4.69) is 0 Å². The number of piperidine rings is 1. The number of Topliss-reactive ketones (excluding diaryl/α,β-unsaturated/α-hetero) is 1. The molecule has 1 amide bonds. The Morgan fingerprint density at radius 2 is 2.00 bits per heavy atom.